The first-order chi connectivity index (χ1) is 12.3. The van der Waals surface area contributed by atoms with Crippen LogP contribution in [-0.2, 0) is 0 Å². The van der Waals surface area contributed by atoms with Gasteiger partial charge in [0.2, 0.25) is 0 Å². The third-order valence-corrected chi connectivity index (χ3v) is 15.2. The fourth-order valence-electron chi connectivity index (χ4n) is 2.99. The van der Waals surface area contributed by atoms with E-state index in [9.17, 15) is 0 Å². The molecule has 0 aliphatic carbocycles. The van der Waals surface area contributed by atoms with Crippen molar-refractivity contribution >= 4 is 32.1 Å². The van der Waals surface area contributed by atoms with Crippen LogP contribution < -0.4 is 23.6 Å². The summed E-state index contributed by atoms with van der Waals surface area (Å²) in [5, 5.41) is 0. The number of rotatable bonds is 6. The first-order valence-electron chi connectivity index (χ1n) is 8.07. The molecule has 0 unspecified atom stereocenters. The van der Waals surface area contributed by atoms with Gasteiger partial charge in [-0.05, 0) is 0 Å². The van der Waals surface area contributed by atoms with Gasteiger partial charge in [0.1, 0.15) is 0 Å². The predicted molar refractivity (Wildman–Crippen MR) is 104 cm³/mol. The summed E-state index contributed by atoms with van der Waals surface area (Å²) in [6.07, 6.45) is 0. The molecule has 3 nitrogen and oxygen atoms in total. The second kappa shape index (κ2) is 8.38. The Balaban J connectivity index is 2.29. The molecule has 0 heterocycles. The number of benzene rings is 3. The first kappa shape index (κ1) is 17.8. The van der Waals surface area contributed by atoms with Crippen LogP contribution in [0.4, 0.5) is 0 Å². The third-order valence-electron chi connectivity index (χ3n) is 4.13. The number of ether oxygens (including phenoxy) is 3. The first-order valence-corrected chi connectivity index (χ1v) is 13.9. The standard InChI is InChI=1S/3C7H7O.Pb/c3*1-8-7-5-3-2-4-6-7;/h3*2-5H,1H3;. The molecule has 0 amide bonds. The molecule has 0 fully saturated rings. The van der Waals surface area contributed by atoms with Crippen molar-refractivity contribution in [2.75, 3.05) is 21.3 Å². The molecule has 0 atom stereocenters. The van der Waals surface area contributed by atoms with Crippen molar-refractivity contribution in [3.8, 4) is 17.2 Å². The zero-order chi connectivity index (χ0) is 17.6. The van der Waals surface area contributed by atoms with E-state index in [-0.39, 0.29) is 0 Å². The zero-order valence-electron chi connectivity index (χ0n) is 14.7. The van der Waals surface area contributed by atoms with Crippen LogP contribution in [0.3, 0.4) is 0 Å². The van der Waals surface area contributed by atoms with Gasteiger partial charge in [-0.3, -0.25) is 0 Å². The quantitative estimate of drug-likeness (QED) is 0.460. The summed E-state index contributed by atoms with van der Waals surface area (Å²) >= 11 is -2.81. The molecular weight excluding hydrogens is 507 g/mol. The van der Waals surface area contributed by atoms with E-state index < -0.39 is 22.7 Å². The van der Waals surface area contributed by atoms with Gasteiger partial charge in [-0.1, -0.05) is 0 Å². The summed E-state index contributed by atoms with van der Waals surface area (Å²) in [6.45, 7) is 0. The van der Waals surface area contributed by atoms with Gasteiger partial charge in [0.05, 0.1) is 0 Å². The van der Waals surface area contributed by atoms with Crippen LogP contribution in [0.1, 0.15) is 0 Å². The molecule has 1 radical (unpaired) electrons. The van der Waals surface area contributed by atoms with Gasteiger partial charge in [0.15, 0.2) is 0 Å². The topological polar surface area (TPSA) is 27.7 Å². The SMILES string of the molecule is COc1cccc[c]1[Pb]([c]1ccccc1OC)[c]1ccccc1OC. The molecule has 3 rings (SSSR count). The van der Waals surface area contributed by atoms with E-state index in [0.717, 1.165) is 17.2 Å². The molecule has 0 saturated carbocycles. The van der Waals surface area contributed by atoms with Gasteiger partial charge in [-0.15, -0.1) is 0 Å². The van der Waals surface area contributed by atoms with Crippen molar-refractivity contribution in [2.45, 2.75) is 0 Å². The van der Waals surface area contributed by atoms with E-state index in [0.29, 0.717) is 0 Å². The Bertz CT molecular complexity index is 735. The van der Waals surface area contributed by atoms with Gasteiger partial charge in [-0.25, -0.2) is 0 Å². The number of hydrogen-bond acceptors (Lipinski definition) is 3. The van der Waals surface area contributed by atoms with Gasteiger partial charge >= 0.3 is 158 Å². The van der Waals surface area contributed by atoms with Crippen molar-refractivity contribution < 1.29 is 14.2 Å². The summed E-state index contributed by atoms with van der Waals surface area (Å²) in [4.78, 5) is 0. The van der Waals surface area contributed by atoms with E-state index in [1.165, 1.54) is 9.37 Å². The fourth-order valence-corrected chi connectivity index (χ4v) is 14.5. The van der Waals surface area contributed by atoms with E-state index in [1.54, 1.807) is 21.3 Å². The van der Waals surface area contributed by atoms with E-state index >= 15 is 0 Å². The molecular formula is C21H21O3Pb. The Hall–Kier alpha value is -2.02. The van der Waals surface area contributed by atoms with E-state index in [1.807, 2.05) is 36.4 Å². The van der Waals surface area contributed by atoms with E-state index in [2.05, 4.69) is 36.4 Å². The molecule has 0 aromatic heterocycles. The monoisotopic (exact) mass is 529 g/mol. The maximum absolute atomic E-state index is 5.69. The van der Waals surface area contributed by atoms with Gasteiger partial charge < -0.3 is 0 Å². The maximum atomic E-state index is 5.69. The second-order valence-electron chi connectivity index (χ2n) is 5.48. The molecule has 3 aromatic rings. The summed E-state index contributed by atoms with van der Waals surface area (Å²) < 4.78 is 20.9. The Morgan fingerprint density at radius 3 is 1.04 bits per heavy atom. The fraction of sp³-hybridized carbons (Fsp3) is 0.143. The van der Waals surface area contributed by atoms with Crippen molar-refractivity contribution in [3.63, 3.8) is 0 Å². The Morgan fingerprint density at radius 2 is 0.760 bits per heavy atom. The molecule has 0 N–H and O–H groups in total. The van der Waals surface area contributed by atoms with E-state index in [4.69, 9.17) is 14.2 Å². The average molecular weight is 529 g/mol. The molecule has 0 saturated heterocycles. The summed E-state index contributed by atoms with van der Waals surface area (Å²) in [5.74, 6) is 2.80. The predicted octanol–water partition coefficient (Wildman–Crippen LogP) is 2.23. The molecule has 0 bridgehead atoms. The van der Waals surface area contributed by atoms with Crippen molar-refractivity contribution in [2.24, 2.45) is 0 Å². The molecule has 4 heteroatoms. The Labute approximate surface area is 157 Å². The van der Waals surface area contributed by atoms with Crippen LogP contribution in [0.15, 0.2) is 72.8 Å². The van der Waals surface area contributed by atoms with Crippen LogP contribution >= 0.6 is 0 Å². The van der Waals surface area contributed by atoms with Gasteiger partial charge in [-0.2, -0.15) is 0 Å². The minimum atomic E-state index is -2.81. The van der Waals surface area contributed by atoms with Crippen LogP contribution in [0.25, 0.3) is 0 Å². The normalized spacial score (nSPS) is 10.6. The summed E-state index contributed by atoms with van der Waals surface area (Å²) in [7, 11) is 5.19. The van der Waals surface area contributed by atoms with Crippen molar-refractivity contribution in [3.05, 3.63) is 72.8 Å². The molecule has 0 aliphatic heterocycles. The van der Waals surface area contributed by atoms with Gasteiger partial charge in [0.25, 0.3) is 0 Å². The molecule has 25 heavy (non-hydrogen) atoms. The second-order valence-corrected chi connectivity index (χ2v) is 14.7. The average Bonchev–Trinajstić information content (AvgIpc) is 2.69. The molecule has 3 aromatic carbocycles. The Morgan fingerprint density at radius 1 is 0.480 bits per heavy atom. The van der Waals surface area contributed by atoms with Gasteiger partial charge in [0, 0.05) is 0 Å². The Kier molecular flexibility index (Phi) is 5.96. The summed E-state index contributed by atoms with van der Waals surface area (Å²) in [6, 6.07) is 24.9. The van der Waals surface area contributed by atoms with Crippen LogP contribution in [0, 0.1) is 0 Å². The molecule has 0 aliphatic rings. The zero-order valence-corrected chi connectivity index (χ0v) is 18.5. The van der Waals surface area contributed by atoms with Crippen molar-refractivity contribution in [1.82, 2.24) is 0 Å². The third kappa shape index (κ3) is 3.66. The van der Waals surface area contributed by atoms with Crippen LogP contribution in [-0.4, -0.2) is 44.0 Å². The molecule has 127 valence electrons. The summed E-state index contributed by atoms with van der Waals surface area (Å²) in [5.41, 5.74) is 0. The van der Waals surface area contributed by atoms with Crippen LogP contribution in [0.5, 0.6) is 17.2 Å². The molecule has 0 spiro atoms. The number of para-hydroxylation sites is 3. The number of hydrogen-bond donors (Lipinski definition) is 0. The van der Waals surface area contributed by atoms with Crippen molar-refractivity contribution in [1.29, 1.82) is 0 Å². The minimum absolute atomic E-state index is 0.932. The van der Waals surface area contributed by atoms with Crippen LogP contribution in [0.2, 0.25) is 0 Å². The number of methoxy groups -OCH3 is 3.